The number of carbonyl (C=O) groups excluding carboxylic acids is 2. The standard InChI is InChI=1S/C8H12N2O3/c11-7-4-13-5-8(12)10(7)3-6-1-9-2-6/h6,9H,1-5H2. The van der Waals surface area contributed by atoms with Gasteiger partial charge in [-0.2, -0.15) is 0 Å². The Bertz CT molecular complexity index is 222. The summed E-state index contributed by atoms with van der Waals surface area (Å²) in [5, 5.41) is 3.10. The van der Waals surface area contributed by atoms with E-state index in [4.69, 9.17) is 4.74 Å². The van der Waals surface area contributed by atoms with Gasteiger partial charge in [-0.05, 0) is 0 Å². The Kier molecular flexibility index (Phi) is 2.28. The van der Waals surface area contributed by atoms with E-state index in [1.54, 1.807) is 0 Å². The van der Waals surface area contributed by atoms with E-state index in [1.165, 1.54) is 4.90 Å². The predicted octanol–water partition coefficient (Wildman–Crippen LogP) is -1.41. The molecule has 0 saturated carbocycles. The van der Waals surface area contributed by atoms with E-state index in [0.717, 1.165) is 13.1 Å². The van der Waals surface area contributed by atoms with Crippen LogP contribution in [0.3, 0.4) is 0 Å². The zero-order valence-electron chi connectivity index (χ0n) is 7.28. The van der Waals surface area contributed by atoms with Gasteiger partial charge in [0.05, 0.1) is 0 Å². The third kappa shape index (κ3) is 1.71. The average Bonchev–Trinajstić information content (AvgIpc) is 2.00. The van der Waals surface area contributed by atoms with Gasteiger partial charge in [-0.15, -0.1) is 0 Å². The summed E-state index contributed by atoms with van der Waals surface area (Å²) >= 11 is 0. The van der Waals surface area contributed by atoms with Crippen LogP contribution in [0.15, 0.2) is 0 Å². The number of morpholine rings is 1. The molecule has 2 amide bonds. The van der Waals surface area contributed by atoms with Crippen molar-refractivity contribution in [3.05, 3.63) is 0 Å². The second kappa shape index (κ2) is 3.43. The van der Waals surface area contributed by atoms with Gasteiger partial charge in [0.1, 0.15) is 13.2 Å². The van der Waals surface area contributed by atoms with E-state index < -0.39 is 0 Å². The van der Waals surface area contributed by atoms with Gasteiger partial charge in [0.15, 0.2) is 0 Å². The molecule has 0 bridgehead atoms. The number of imide groups is 1. The number of nitrogens with one attached hydrogen (secondary N) is 1. The molecule has 1 N–H and O–H groups in total. The molecule has 0 aromatic heterocycles. The molecule has 0 aliphatic carbocycles. The number of hydrogen-bond donors (Lipinski definition) is 1. The maximum absolute atomic E-state index is 11.2. The van der Waals surface area contributed by atoms with Gasteiger partial charge in [-0.3, -0.25) is 14.5 Å². The number of amides is 2. The number of hydrogen-bond acceptors (Lipinski definition) is 4. The summed E-state index contributed by atoms with van der Waals surface area (Å²) in [5.74, 6) is 0.0253. The average molecular weight is 184 g/mol. The number of nitrogens with zero attached hydrogens (tertiary/aromatic N) is 1. The molecule has 2 saturated heterocycles. The van der Waals surface area contributed by atoms with E-state index in [2.05, 4.69) is 5.32 Å². The van der Waals surface area contributed by atoms with Gasteiger partial charge in [-0.1, -0.05) is 0 Å². The van der Waals surface area contributed by atoms with Gasteiger partial charge >= 0.3 is 0 Å². The fourth-order valence-corrected chi connectivity index (χ4v) is 1.46. The highest BCUT2D eigenvalue weighted by Crippen LogP contribution is 2.09. The number of rotatable bonds is 2. The second-order valence-electron chi connectivity index (χ2n) is 3.42. The van der Waals surface area contributed by atoms with Gasteiger partial charge in [0.25, 0.3) is 11.8 Å². The summed E-state index contributed by atoms with van der Waals surface area (Å²) in [4.78, 5) is 23.8. The lowest BCUT2D eigenvalue weighted by Gasteiger charge is -2.33. The van der Waals surface area contributed by atoms with Gasteiger partial charge < -0.3 is 10.1 Å². The maximum atomic E-state index is 11.2. The highest BCUT2D eigenvalue weighted by atomic mass is 16.5. The van der Waals surface area contributed by atoms with Crippen molar-refractivity contribution in [2.24, 2.45) is 5.92 Å². The van der Waals surface area contributed by atoms with Crippen LogP contribution in [-0.4, -0.2) is 49.6 Å². The molecular weight excluding hydrogens is 172 g/mol. The molecule has 2 fully saturated rings. The molecule has 0 spiro atoms. The minimum Gasteiger partial charge on any atom is -0.362 e. The third-order valence-electron chi connectivity index (χ3n) is 2.36. The Morgan fingerprint density at radius 2 is 1.92 bits per heavy atom. The quantitative estimate of drug-likeness (QED) is 0.536. The van der Waals surface area contributed by atoms with Crippen molar-refractivity contribution in [3.8, 4) is 0 Å². The lowest BCUT2D eigenvalue weighted by atomic mass is 10.0. The van der Waals surface area contributed by atoms with Crippen molar-refractivity contribution in [1.29, 1.82) is 0 Å². The van der Waals surface area contributed by atoms with Crippen molar-refractivity contribution < 1.29 is 14.3 Å². The summed E-state index contributed by atoms with van der Waals surface area (Å²) in [6, 6.07) is 0. The molecule has 0 atom stereocenters. The zero-order chi connectivity index (χ0) is 9.26. The zero-order valence-corrected chi connectivity index (χ0v) is 7.28. The Morgan fingerprint density at radius 3 is 2.38 bits per heavy atom. The van der Waals surface area contributed by atoms with Gasteiger partial charge in [0.2, 0.25) is 0 Å². The molecule has 0 radical (unpaired) electrons. The largest absolute Gasteiger partial charge is 0.362 e. The number of ether oxygens (including phenoxy) is 1. The van der Waals surface area contributed by atoms with Gasteiger partial charge in [0, 0.05) is 25.6 Å². The molecule has 72 valence electrons. The highest BCUT2D eigenvalue weighted by molar-refractivity contribution is 5.98. The molecule has 13 heavy (non-hydrogen) atoms. The lowest BCUT2D eigenvalue weighted by molar-refractivity contribution is -0.159. The van der Waals surface area contributed by atoms with Gasteiger partial charge in [-0.25, -0.2) is 0 Å². The molecule has 0 aromatic rings. The monoisotopic (exact) mass is 184 g/mol. The minimum atomic E-state index is -0.205. The van der Waals surface area contributed by atoms with E-state index >= 15 is 0 Å². The Labute approximate surface area is 76.0 Å². The van der Waals surface area contributed by atoms with Crippen molar-refractivity contribution >= 4 is 11.8 Å². The van der Waals surface area contributed by atoms with Crippen LogP contribution in [0.4, 0.5) is 0 Å². The van der Waals surface area contributed by atoms with E-state index in [9.17, 15) is 9.59 Å². The first-order valence-electron chi connectivity index (χ1n) is 4.39. The van der Waals surface area contributed by atoms with Crippen LogP contribution < -0.4 is 5.32 Å². The molecule has 0 aromatic carbocycles. The Morgan fingerprint density at radius 1 is 1.31 bits per heavy atom. The van der Waals surface area contributed by atoms with Crippen LogP contribution in [0.5, 0.6) is 0 Å². The minimum absolute atomic E-state index is 0.0475. The van der Waals surface area contributed by atoms with Crippen molar-refractivity contribution in [1.82, 2.24) is 10.2 Å². The Hall–Kier alpha value is -0.940. The topological polar surface area (TPSA) is 58.6 Å². The van der Waals surface area contributed by atoms with Crippen molar-refractivity contribution in [2.45, 2.75) is 0 Å². The van der Waals surface area contributed by atoms with Crippen molar-refractivity contribution in [3.63, 3.8) is 0 Å². The fraction of sp³-hybridized carbons (Fsp3) is 0.750. The van der Waals surface area contributed by atoms with Crippen LogP contribution in [0.1, 0.15) is 0 Å². The summed E-state index contributed by atoms with van der Waals surface area (Å²) < 4.78 is 4.80. The molecular formula is C8H12N2O3. The molecule has 5 heteroatoms. The first kappa shape index (κ1) is 8.65. The summed E-state index contributed by atoms with van der Waals surface area (Å²) in [6.45, 7) is 2.45. The van der Waals surface area contributed by atoms with Crippen molar-refractivity contribution in [2.75, 3.05) is 32.8 Å². The highest BCUT2D eigenvalue weighted by Gasteiger charge is 2.30. The van der Waals surface area contributed by atoms with Crippen LogP contribution in [-0.2, 0) is 14.3 Å². The first-order valence-corrected chi connectivity index (χ1v) is 4.39. The van der Waals surface area contributed by atoms with Crippen LogP contribution >= 0.6 is 0 Å². The van der Waals surface area contributed by atoms with Crippen LogP contribution in [0.2, 0.25) is 0 Å². The number of carbonyl (C=O) groups is 2. The third-order valence-corrected chi connectivity index (χ3v) is 2.36. The summed E-state index contributed by atoms with van der Waals surface area (Å²) in [5.41, 5.74) is 0. The first-order chi connectivity index (χ1) is 6.27. The van der Waals surface area contributed by atoms with E-state index in [-0.39, 0.29) is 25.0 Å². The molecule has 2 rings (SSSR count). The molecule has 2 heterocycles. The fourth-order valence-electron chi connectivity index (χ4n) is 1.46. The molecule has 2 aliphatic heterocycles. The smallest absolute Gasteiger partial charge is 0.255 e. The summed E-state index contributed by atoms with van der Waals surface area (Å²) in [7, 11) is 0. The second-order valence-corrected chi connectivity index (χ2v) is 3.42. The van der Waals surface area contributed by atoms with E-state index in [1.807, 2.05) is 0 Å². The van der Waals surface area contributed by atoms with Crippen LogP contribution in [0, 0.1) is 5.92 Å². The predicted molar refractivity (Wildman–Crippen MR) is 43.9 cm³/mol. The van der Waals surface area contributed by atoms with Crippen LogP contribution in [0.25, 0.3) is 0 Å². The van der Waals surface area contributed by atoms with E-state index in [0.29, 0.717) is 12.5 Å². The summed E-state index contributed by atoms with van der Waals surface area (Å²) in [6.07, 6.45) is 0. The SMILES string of the molecule is O=C1COCC(=O)N1CC1CNC1. The lowest BCUT2D eigenvalue weighted by Crippen LogP contribution is -2.54. The normalized spacial score (nSPS) is 24.8. The molecule has 5 nitrogen and oxygen atoms in total. The molecule has 0 unspecified atom stereocenters. The Balaban J connectivity index is 1.93. The maximum Gasteiger partial charge on any atom is 0.255 e. The molecule has 2 aliphatic rings.